The van der Waals surface area contributed by atoms with Crippen LogP contribution in [0.5, 0.6) is 5.75 Å². The molecule has 0 aromatic heterocycles. The highest BCUT2D eigenvalue weighted by Crippen LogP contribution is 2.28. The predicted octanol–water partition coefficient (Wildman–Crippen LogP) is 2.38. The third-order valence-corrected chi connectivity index (χ3v) is 3.10. The minimum Gasteiger partial charge on any atom is -0.492 e. The summed E-state index contributed by atoms with van der Waals surface area (Å²) in [5, 5.41) is 3.49. The number of para-hydroxylation sites is 2. The van der Waals surface area contributed by atoms with Gasteiger partial charge in [0, 0.05) is 12.1 Å². The number of anilines is 1. The molecule has 0 radical (unpaired) electrons. The van der Waals surface area contributed by atoms with Gasteiger partial charge in [-0.05, 0) is 38.3 Å². The molecule has 88 valence electrons. The zero-order valence-corrected chi connectivity index (χ0v) is 9.78. The molecule has 1 saturated carbocycles. The first-order chi connectivity index (χ1) is 7.81. The molecule has 3 N–H and O–H groups in total. The van der Waals surface area contributed by atoms with Gasteiger partial charge in [0.05, 0.1) is 12.3 Å². The van der Waals surface area contributed by atoms with Crippen LogP contribution in [-0.2, 0) is 0 Å². The Balaban J connectivity index is 2.07. The molecule has 0 bridgehead atoms. The van der Waals surface area contributed by atoms with Crippen LogP contribution in [0, 0.1) is 0 Å². The van der Waals surface area contributed by atoms with Crippen LogP contribution in [-0.4, -0.2) is 18.7 Å². The zero-order valence-electron chi connectivity index (χ0n) is 9.78. The van der Waals surface area contributed by atoms with E-state index in [1.807, 2.05) is 25.1 Å². The van der Waals surface area contributed by atoms with Crippen LogP contribution in [0.3, 0.4) is 0 Å². The van der Waals surface area contributed by atoms with Crippen LogP contribution >= 0.6 is 0 Å². The van der Waals surface area contributed by atoms with Crippen molar-refractivity contribution in [3.05, 3.63) is 24.3 Å². The molecule has 1 aliphatic rings. The smallest absolute Gasteiger partial charge is 0.142 e. The van der Waals surface area contributed by atoms with Crippen molar-refractivity contribution in [2.75, 3.05) is 11.9 Å². The molecule has 1 aromatic carbocycles. The van der Waals surface area contributed by atoms with E-state index >= 15 is 0 Å². The number of ether oxygens (including phenoxy) is 1. The van der Waals surface area contributed by atoms with Gasteiger partial charge in [-0.2, -0.15) is 0 Å². The van der Waals surface area contributed by atoms with E-state index in [-0.39, 0.29) is 6.04 Å². The Labute approximate surface area is 97.0 Å². The summed E-state index contributed by atoms with van der Waals surface area (Å²) in [6.45, 7) is 2.69. The van der Waals surface area contributed by atoms with E-state index in [9.17, 15) is 0 Å². The first-order valence-electron chi connectivity index (χ1n) is 6.05. The van der Waals surface area contributed by atoms with Gasteiger partial charge >= 0.3 is 0 Å². The molecule has 1 aromatic rings. The van der Waals surface area contributed by atoms with Crippen molar-refractivity contribution >= 4 is 5.69 Å². The summed E-state index contributed by atoms with van der Waals surface area (Å²) in [5.74, 6) is 0.920. The molecular weight excluding hydrogens is 200 g/mol. The lowest BCUT2D eigenvalue weighted by atomic mass is 10.1. The molecule has 1 fully saturated rings. The van der Waals surface area contributed by atoms with Crippen molar-refractivity contribution in [3.8, 4) is 5.75 Å². The Morgan fingerprint density at radius 1 is 1.38 bits per heavy atom. The monoisotopic (exact) mass is 220 g/mol. The fraction of sp³-hybridized carbons (Fsp3) is 0.538. The Morgan fingerprint density at radius 2 is 2.19 bits per heavy atom. The Bertz CT molecular complexity index is 340. The Morgan fingerprint density at radius 3 is 2.88 bits per heavy atom. The highest BCUT2D eigenvalue weighted by Gasteiger charge is 2.24. The van der Waals surface area contributed by atoms with Crippen LogP contribution in [0.25, 0.3) is 0 Å². The summed E-state index contributed by atoms with van der Waals surface area (Å²) in [6, 6.07) is 8.72. The molecule has 0 aliphatic heterocycles. The fourth-order valence-electron chi connectivity index (χ4n) is 2.23. The van der Waals surface area contributed by atoms with Crippen molar-refractivity contribution in [1.82, 2.24) is 0 Å². The third kappa shape index (κ3) is 2.47. The molecular formula is C13H20N2O. The number of benzene rings is 1. The van der Waals surface area contributed by atoms with Gasteiger partial charge in [0.1, 0.15) is 5.75 Å². The summed E-state index contributed by atoms with van der Waals surface area (Å²) in [6.07, 6.45) is 3.49. The van der Waals surface area contributed by atoms with Gasteiger partial charge in [-0.3, -0.25) is 0 Å². The van der Waals surface area contributed by atoms with E-state index in [2.05, 4.69) is 11.4 Å². The summed E-state index contributed by atoms with van der Waals surface area (Å²) in [4.78, 5) is 0. The number of hydrogen-bond donors (Lipinski definition) is 2. The van der Waals surface area contributed by atoms with Crippen LogP contribution in [0.4, 0.5) is 5.69 Å². The molecule has 0 amide bonds. The largest absolute Gasteiger partial charge is 0.492 e. The number of rotatable bonds is 4. The lowest BCUT2D eigenvalue weighted by molar-refractivity contribution is 0.341. The quantitative estimate of drug-likeness (QED) is 0.819. The van der Waals surface area contributed by atoms with Gasteiger partial charge < -0.3 is 15.8 Å². The fourth-order valence-corrected chi connectivity index (χ4v) is 2.23. The number of nitrogens with two attached hydrogens (primary N) is 1. The van der Waals surface area contributed by atoms with Crippen LogP contribution in [0.15, 0.2) is 24.3 Å². The molecule has 2 unspecified atom stereocenters. The second kappa shape index (κ2) is 5.21. The van der Waals surface area contributed by atoms with Gasteiger partial charge in [-0.15, -0.1) is 0 Å². The second-order valence-electron chi connectivity index (χ2n) is 4.27. The van der Waals surface area contributed by atoms with Crippen LogP contribution < -0.4 is 15.8 Å². The van der Waals surface area contributed by atoms with E-state index < -0.39 is 0 Å². The molecule has 16 heavy (non-hydrogen) atoms. The minimum absolute atomic E-state index is 0.273. The van der Waals surface area contributed by atoms with E-state index in [0.29, 0.717) is 12.6 Å². The summed E-state index contributed by atoms with van der Waals surface area (Å²) in [5.41, 5.74) is 7.11. The molecule has 0 spiro atoms. The maximum Gasteiger partial charge on any atom is 0.142 e. The number of hydrogen-bond acceptors (Lipinski definition) is 3. The van der Waals surface area contributed by atoms with E-state index in [0.717, 1.165) is 24.3 Å². The molecule has 2 rings (SSSR count). The van der Waals surface area contributed by atoms with Gasteiger partial charge in [0.2, 0.25) is 0 Å². The van der Waals surface area contributed by atoms with Gasteiger partial charge in [-0.1, -0.05) is 12.1 Å². The van der Waals surface area contributed by atoms with Crippen LogP contribution in [0.1, 0.15) is 26.2 Å². The molecule has 0 heterocycles. The molecule has 1 aliphatic carbocycles. The SMILES string of the molecule is CCOc1ccccc1NC1CCCC1N. The topological polar surface area (TPSA) is 47.3 Å². The number of nitrogens with one attached hydrogen (secondary N) is 1. The summed E-state index contributed by atoms with van der Waals surface area (Å²) < 4.78 is 5.58. The molecule has 3 nitrogen and oxygen atoms in total. The average Bonchev–Trinajstić information content (AvgIpc) is 2.68. The van der Waals surface area contributed by atoms with E-state index in [4.69, 9.17) is 10.5 Å². The van der Waals surface area contributed by atoms with Crippen molar-refractivity contribution < 1.29 is 4.74 Å². The van der Waals surface area contributed by atoms with Crippen LogP contribution in [0.2, 0.25) is 0 Å². The first-order valence-corrected chi connectivity index (χ1v) is 6.05. The van der Waals surface area contributed by atoms with Crippen molar-refractivity contribution in [3.63, 3.8) is 0 Å². The summed E-state index contributed by atoms with van der Waals surface area (Å²) >= 11 is 0. The minimum atomic E-state index is 0.273. The standard InChI is InChI=1S/C13H20N2O/c1-2-16-13-9-4-3-7-12(13)15-11-8-5-6-10(11)14/h3-4,7,9-11,15H,2,5-6,8,14H2,1H3. The van der Waals surface area contributed by atoms with Gasteiger partial charge in [0.25, 0.3) is 0 Å². The van der Waals surface area contributed by atoms with E-state index in [1.165, 1.54) is 6.42 Å². The summed E-state index contributed by atoms with van der Waals surface area (Å²) in [7, 11) is 0. The first kappa shape index (κ1) is 11.3. The predicted molar refractivity (Wildman–Crippen MR) is 66.8 cm³/mol. The highest BCUT2D eigenvalue weighted by molar-refractivity contribution is 5.57. The Hall–Kier alpha value is -1.22. The zero-order chi connectivity index (χ0) is 11.4. The molecule has 3 heteroatoms. The van der Waals surface area contributed by atoms with Crippen molar-refractivity contribution in [2.45, 2.75) is 38.3 Å². The third-order valence-electron chi connectivity index (χ3n) is 3.10. The van der Waals surface area contributed by atoms with Gasteiger partial charge in [-0.25, -0.2) is 0 Å². The maximum atomic E-state index is 6.05. The van der Waals surface area contributed by atoms with Crippen molar-refractivity contribution in [1.29, 1.82) is 0 Å². The normalized spacial score (nSPS) is 24.4. The lowest BCUT2D eigenvalue weighted by Gasteiger charge is -2.20. The Kier molecular flexibility index (Phi) is 3.67. The average molecular weight is 220 g/mol. The lowest BCUT2D eigenvalue weighted by Crippen LogP contribution is -2.35. The van der Waals surface area contributed by atoms with E-state index in [1.54, 1.807) is 0 Å². The molecule has 0 saturated heterocycles. The van der Waals surface area contributed by atoms with Gasteiger partial charge in [0.15, 0.2) is 0 Å². The molecule has 2 atom stereocenters. The second-order valence-corrected chi connectivity index (χ2v) is 4.27. The maximum absolute atomic E-state index is 6.05. The van der Waals surface area contributed by atoms with Crippen molar-refractivity contribution in [2.24, 2.45) is 5.73 Å². The highest BCUT2D eigenvalue weighted by atomic mass is 16.5.